The van der Waals surface area contributed by atoms with Crippen molar-refractivity contribution in [2.75, 3.05) is 26.2 Å². The lowest BCUT2D eigenvalue weighted by atomic mass is 10.1. The fourth-order valence-corrected chi connectivity index (χ4v) is 3.92. The van der Waals surface area contributed by atoms with E-state index < -0.39 is 0 Å². The Bertz CT molecular complexity index is 904. The number of ether oxygens (including phenoxy) is 1. The van der Waals surface area contributed by atoms with Crippen molar-refractivity contribution in [3.8, 4) is 0 Å². The van der Waals surface area contributed by atoms with E-state index in [-0.39, 0.29) is 30.4 Å². The Morgan fingerprint density at radius 3 is 2.85 bits per heavy atom. The van der Waals surface area contributed by atoms with Crippen molar-refractivity contribution in [2.24, 2.45) is 0 Å². The second-order valence-corrected chi connectivity index (χ2v) is 7.12. The van der Waals surface area contributed by atoms with Crippen LogP contribution in [0.3, 0.4) is 0 Å². The van der Waals surface area contributed by atoms with Crippen LogP contribution in [-0.2, 0) is 16.1 Å². The second-order valence-electron chi connectivity index (χ2n) is 7.12. The molecular formula is C20H23N3O4. The van der Waals surface area contributed by atoms with Gasteiger partial charge in [0.25, 0.3) is 0 Å². The molecule has 2 aliphatic rings. The zero-order valence-electron chi connectivity index (χ0n) is 15.4. The van der Waals surface area contributed by atoms with Gasteiger partial charge in [0.15, 0.2) is 5.78 Å². The van der Waals surface area contributed by atoms with Gasteiger partial charge in [-0.2, -0.15) is 0 Å². The number of piperazine rings is 1. The zero-order chi connectivity index (χ0) is 19.0. The topological polar surface area (TPSA) is 71.9 Å². The van der Waals surface area contributed by atoms with Gasteiger partial charge in [0.05, 0.1) is 6.04 Å². The monoisotopic (exact) mass is 369 g/mol. The quantitative estimate of drug-likeness (QED) is 0.758. The third-order valence-electron chi connectivity index (χ3n) is 5.34. The van der Waals surface area contributed by atoms with Gasteiger partial charge in [-0.1, -0.05) is 25.1 Å². The Labute approximate surface area is 157 Å². The number of para-hydroxylation sites is 1. The van der Waals surface area contributed by atoms with Crippen molar-refractivity contribution in [3.05, 3.63) is 36.0 Å². The molecule has 1 aromatic heterocycles. The van der Waals surface area contributed by atoms with Crippen LogP contribution in [0, 0.1) is 0 Å². The van der Waals surface area contributed by atoms with E-state index in [0.29, 0.717) is 38.2 Å². The third-order valence-corrected chi connectivity index (χ3v) is 5.34. The highest BCUT2D eigenvalue weighted by molar-refractivity contribution is 6.08. The highest BCUT2D eigenvalue weighted by Gasteiger charge is 2.38. The fraction of sp³-hybridized carbons (Fsp3) is 0.450. The number of rotatable bonds is 5. The van der Waals surface area contributed by atoms with Crippen LogP contribution in [0.4, 0.5) is 4.79 Å². The maximum atomic E-state index is 12.9. The number of hydrogen-bond donors (Lipinski definition) is 0. The number of fused-ring (bicyclic) bond motifs is 2. The van der Waals surface area contributed by atoms with Crippen molar-refractivity contribution >= 4 is 28.7 Å². The van der Waals surface area contributed by atoms with Crippen LogP contribution in [0.2, 0.25) is 0 Å². The van der Waals surface area contributed by atoms with Crippen LogP contribution in [0.15, 0.2) is 30.5 Å². The molecule has 3 heterocycles. The summed E-state index contributed by atoms with van der Waals surface area (Å²) in [6.45, 7) is 4.00. The number of benzene rings is 1. The molecule has 7 heteroatoms. The van der Waals surface area contributed by atoms with E-state index in [1.165, 1.54) is 0 Å². The lowest BCUT2D eigenvalue weighted by Crippen LogP contribution is -2.54. The third kappa shape index (κ3) is 3.18. The molecule has 142 valence electrons. The lowest BCUT2D eigenvalue weighted by molar-refractivity contribution is -0.133. The highest BCUT2D eigenvalue weighted by atomic mass is 16.6. The number of nitrogens with zero attached hydrogens (tertiary/aromatic N) is 3. The number of ketones is 1. The van der Waals surface area contributed by atoms with Crippen LogP contribution in [0.25, 0.3) is 10.9 Å². The van der Waals surface area contributed by atoms with E-state index in [1.54, 1.807) is 16.0 Å². The van der Waals surface area contributed by atoms with Crippen LogP contribution < -0.4 is 0 Å². The lowest BCUT2D eigenvalue weighted by Gasteiger charge is -2.35. The van der Waals surface area contributed by atoms with Gasteiger partial charge < -0.3 is 14.2 Å². The standard InChI is InChI=1S/C20H23N3O4/c1-2-5-18(24)16-11-22(17-7-4-3-6-15(16)17)12-19(25)21-8-9-23-14(10-21)13-27-20(23)26/h3-4,6-7,11,14H,2,5,8-10,12-13H2,1H3. The smallest absolute Gasteiger partial charge is 0.410 e. The molecule has 0 saturated carbocycles. The first kappa shape index (κ1) is 17.6. The normalized spacial score (nSPS) is 19.3. The number of hydrogen-bond acceptors (Lipinski definition) is 4. The Balaban J connectivity index is 1.54. The molecular weight excluding hydrogens is 346 g/mol. The molecule has 2 amide bonds. The summed E-state index contributed by atoms with van der Waals surface area (Å²) in [6.07, 6.45) is 2.81. The molecule has 0 N–H and O–H groups in total. The van der Waals surface area contributed by atoms with Crippen LogP contribution in [0.1, 0.15) is 30.1 Å². The average molecular weight is 369 g/mol. The first-order valence-corrected chi connectivity index (χ1v) is 9.40. The van der Waals surface area contributed by atoms with E-state index in [9.17, 15) is 14.4 Å². The Kier molecular flexibility index (Phi) is 4.59. The molecule has 7 nitrogen and oxygen atoms in total. The van der Waals surface area contributed by atoms with Gasteiger partial charge in [-0.05, 0) is 12.5 Å². The van der Waals surface area contributed by atoms with E-state index >= 15 is 0 Å². The van der Waals surface area contributed by atoms with Crippen molar-refractivity contribution in [1.82, 2.24) is 14.4 Å². The number of Topliss-reactive ketones (excluding diaryl/α,β-unsaturated/α-hetero) is 1. The molecule has 27 heavy (non-hydrogen) atoms. The molecule has 2 saturated heterocycles. The van der Waals surface area contributed by atoms with E-state index in [4.69, 9.17) is 4.74 Å². The maximum absolute atomic E-state index is 12.9. The van der Waals surface area contributed by atoms with Gasteiger partial charge in [0, 0.05) is 48.7 Å². The number of carbonyl (C=O) groups is 3. The number of cyclic esters (lactones) is 1. The minimum Gasteiger partial charge on any atom is -0.447 e. The molecule has 1 aromatic carbocycles. The summed E-state index contributed by atoms with van der Waals surface area (Å²) in [5, 5.41) is 0.892. The van der Waals surface area contributed by atoms with E-state index in [1.807, 2.05) is 35.8 Å². The Morgan fingerprint density at radius 2 is 2.04 bits per heavy atom. The summed E-state index contributed by atoms with van der Waals surface area (Å²) in [4.78, 5) is 40.4. The summed E-state index contributed by atoms with van der Waals surface area (Å²) in [5.74, 6) is 0.0966. The van der Waals surface area contributed by atoms with Crippen molar-refractivity contribution in [1.29, 1.82) is 0 Å². The number of carbonyl (C=O) groups excluding carboxylic acids is 3. The Hall–Kier alpha value is -2.83. The van der Waals surface area contributed by atoms with Crippen molar-refractivity contribution in [2.45, 2.75) is 32.4 Å². The second kappa shape index (κ2) is 7.06. The first-order valence-electron chi connectivity index (χ1n) is 9.40. The predicted molar refractivity (Wildman–Crippen MR) is 99.6 cm³/mol. The molecule has 2 fully saturated rings. The fourth-order valence-electron chi connectivity index (χ4n) is 3.92. The first-order chi connectivity index (χ1) is 13.1. The summed E-state index contributed by atoms with van der Waals surface area (Å²) >= 11 is 0. The van der Waals surface area contributed by atoms with Gasteiger partial charge in [-0.3, -0.25) is 14.5 Å². The molecule has 0 spiro atoms. The van der Waals surface area contributed by atoms with Crippen LogP contribution >= 0.6 is 0 Å². The largest absolute Gasteiger partial charge is 0.447 e. The molecule has 0 aliphatic carbocycles. The molecule has 0 bridgehead atoms. The molecule has 2 aliphatic heterocycles. The summed E-state index contributed by atoms with van der Waals surface area (Å²) < 4.78 is 6.93. The molecule has 1 atom stereocenters. The summed E-state index contributed by atoms with van der Waals surface area (Å²) in [6, 6.07) is 7.63. The molecule has 1 unspecified atom stereocenters. The number of aromatic nitrogens is 1. The zero-order valence-corrected chi connectivity index (χ0v) is 15.4. The van der Waals surface area contributed by atoms with Crippen LogP contribution in [0.5, 0.6) is 0 Å². The van der Waals surface area contributed by atoms with Gasteiger partial charge in [-0.15, -0.1) is 0 Å². The summed E-state index contributed by atoms with van der Waals surface area (Å²) in [5.41, 5.74) is 1.57. The minimum absolute atomic E-state index is 0.00996. The van der Waals surface area contributed by atoms with E-state index in [2.05, 4.69) is 0 Å². The van der Waals surface area contributed by atoms with Gasteiger partial charge in [0.1, 0.15) is 13.2 Å². The Morgan fingerprint density at radius 1 is 1.22 bits per heavy atom. The van der Waals surface area contributed by atoms with Crippen LogP contribution in [-0.4, -0.2) is 64.4 Å². The van der Waals surface area contributed by atoms with E-state index in [0.717, 1.165) is 17.3 Å². The molecule has 4 rings (SSSR count). The van der Waals surface area contributed by atoms with Crippen molar-refractivity contribution < 1.29 is 19.1 Å². The molecule has 2 aromatic rings. The summed E-state index contributed by atoms with van der Waals surface area (Å²) in [7, 11) is 0. The SMILES string of the molecule is CCCC(=O)c1cn(CC(=O)N2CCN3C(=O)OCC3C2)c2ccccc12. The highest BCUT2D eigenvalue weighted by Crippen LogP contribution is 2.24. The molecule has 0 radical (unpaired) electrons. The van der Waals surface area contributed by atoms with Gasteiger partial charge in [0.2, 0.25) is 5.91 Å². The predicted octanol–water partition coefficient (Wildman–Crippen LogP) is 2.29. The minimum atomic E-state index is -0.289. The average Bonchev–Trinajstić information content (AvgIpc) is 3.23. The van der Waals surface area contributed by atoms with Gasteiger partial charge >= 0.3 is 6.09 Å². The van der Waals surface area contributed by atoms with Crippen molar-refractivity contribution in [3.63, 3.8) is 0 Å². The maximum Gasteiger partial charge on any atom is 0.410 e. The number of amides is 2. The van der Waals surface area contributed by atoms with Gasteiger partial charge in [-0.25, -0.2) is 4.79 Å².